The van der Waals surface area contributed by atoms with E-state index in [1.54, 1.807) is 42.0 Å². The summed E-state index contributed by atoms with van der Waals surface area (Å²) in [7, 11) is 0.189. The van der Waals surface area contributed by atoms with Crippen molar-refractivity contribution in [2.24, 2.45) is 0 Å². The van der Waals surface area contributed by atoms with E-state index >= 15 is 0 Å². The standard InChI is InChI=1S/C31H36N8O3S/c1-19(2)39-29-22(18-33-31(36-29)35-23-10-12-24(13-11-23)38(4)5)16-26(30(39)40)25-14-15-28(34-20(25)3)37-43(41,42)27-9-7-6-8-21(27)17-32/h6-9,14-16,18-19,23-24H,10-13H2,1-5H3,(H,34,37)(H,33,35,36)/t23-,24-. The topological polar surface area (TPSA) is 146 Å². The summed E-state index contributed by atoms with van der Waals surface area (Å²) in [6.07, 6.45) is 6.01. The second-order valence-corrected chi connectivity index (χ2v) is 13.1. The maximum Gasteiger partial charge on any atom is 0.264 e. The Morgan fingerprint density at radius 2 is 1.77 bits per heavy atom. The third-order valence-corrected chi connectivity index (χ3v) is 9.37. The average Bonchev–Trinajstić information content (AvgIpc) is 2.97. The molecule has 1 fully saturated rings. The molecule has 224 valence electrons. The lowest BCUT2D eigenvalue weighted by Gasteiger charge is -2.33. The Morgan fingerprint density at radius 3 is 2.42 bits per heavy atom. The van der Waals surface area contributed by atoms with Gasteiger partial charge in [0.15, 0.2) is 0 Å². The van der Waals surface area contributed by atoms with Crippen LogP contribution in [0, 0.1) is 18.3 Å². The lowest BCUT2D eigenvalue weighted by Crippen LogP contribution is -2.36. The van der Waals surface area contributed by atoms with E-state index in [4.69, 9.17) is 4.98 Å². The molecule has 0 unspecified atom stereocenters. The quantitative estimate of drug-likeness (QED) is 0.294. The van der Waals surface area contributed by atoms with Gasteiger partial charge in [0.05, 0.1) is 5.56 Å². The molecule has 0 radical (unpaired) electrons. The van der Waals surface area contributed by atoms with Crippen LogP contribution in [0.25, 0.3) is 22.2 Å². The number of nitrogens with one attached hydrogen (secondary N) is 2. The first-order valence-electron chi connectivity index (χ1n) is 14.3. The normalized spacial score (nSPS) is 17.3. The molecule has 12 heteroatoms. The minimum absolute atomic E-state index is 0.0334. The van der Waals surface area contributed by atoms with Gasteiger partial charge in [0.2, 0.25) is 5.95 Å². The second-order valence-electron chi connectivity index (χ2n) is 11.5. The molecule has 1 saturated carbocycles. The van der Waals surface area contributed by atoms with E-state index in [1.165, 1.54) is 18.2 Å². The molecule has 43 heavy (non-hydrogen) atoms. The average molecular weight is 601 g/mol. The van der Waals surface area contributed by atoms with Crippen LogP contribution in [0.3, 0.4) is 0 Å². The number of pyridine rings is 2. The summed E-state index contributed by atoms with van der Waals surface area (Å²) in [5, 5.41) is 13.5. The van der Waals surface area contributed by atoms with Crippen LogP contribution in [-0.2, 0) is 10.0 Å². The first kappa shape index (κ1) is 30.1. The van der Waals surface area contributed by atoms with Gasteiger partial charge < -0.3 is 10.2 Å². The van der Waals surface area contributed by atoms with Crippen molar-refractivity contribution in [1.29, 1.82) is 5.26 Å². The van der Waals surface area contributed by atoms with Gasteiger partial charge in [-0.1, -0.05) is 12.1 Å². The Bertz CT molecular complexity index is 1870. The molecule has 3 heterocycles. The third kappa shape index (κ3) is 6.23. The van der Waals surface area contributed by atoms with Crippen LogP contribution >= 0.6 is 0 Å². The lowest BCUT2D eigenvalue weighted by molar-refractivity contribution is 0.221. The van der Waals surface area contributed by atoms with Gasteiger partial charge in [-0.2, -0.15) is 10.2 Å². The maximum absolute atomic E-state index is 13.9. The van der Waals surface area contributed by atoms with Crippen LogP contribution in [0.5, 0.6) is 0 Å². The fourth-order valence-electron chi connectivity index (χ4n) is 5.67. The molecule has 0 atom stereocenters. The smallest absolute Gasteiger partial charge is 0.264 e. The van der Waals surface area contributed by atoms with E-state index in [0.29, 0.717) is 39.8 Å². The van der Waals surface area contributed by atoms with Crippen molar-refractivity contribution in [2.45, 2.75) is 69.5 Å². The van der Waals surface area contributed by atoms with E-state index in [2.05, 4.69) is 39.0 Å². The van der Waals surface area contributed by atoms with Crippen LogP contribution in [0.15, 0.2) is 58.4 Å². The third-order valence-electron chi connectivity index (χ3n) is 7.96. The van der Waals surface area contributed by atoms with Crippen molar-refractivity contribution in [3.63, 3.8) is 0 Å². The van der Waals surface area contributed by atoms with E-state index in [0.717, 1.165) is 25.7 Å². The summed E-state index contributed by atoms with van der Waals surface area (Å²) in [5.41, 5.74) is 1.82. The number of hydrogen-bond donors (Lipinski definition) is 2. The van der Waals surface area contributed by atoms with Crippen molar-refractivity contribution in [3.8, 4) is 17.2 Å². The van der Waals surface area contributed by atoms with E-state index < -0.39 is 10.0 Å². The van der Waals surface area contributed by atoms with Gasteiger partial charge in [-0.15, -0.1) is 0 Å². The number of fused-ring (bicyclic) bond motifs is 1. The highest BCUT2D eigenvalue weighted by Crippen LogP contribution is 2.28. The molecular weight excluding hydrogens is 564 g/mol. The van der Waals surface area contributed by atoms with Crippen molar-refractivity contribution in [1.82, 2.24) is 24.4 Å². The molecule has 1 aliphatic rings. The number of aryl methyl sites for hydroxylation is 1. The summed E-state index contributed by atoms with van der Waals surface area (Å²) < 4.78 is 30.1. The van der Waals surface area contributed by atoms with Gasteiger partial charge in [-0.25, -0.2) is 18.4 Å². The Hall–Kier alpha value is -4.34. The van der Waals surface area contributed by atoms with Gasteiger partial charge in [-0.05, 0) is 90.9 Å². The number of anilines is 2. The van der Waals surface area contributed by atoms with Crippen molar-refractivity contribution in [2.75, 3.05) is 24.1 Å². The summed E-state index contributed by atoms with van der Waals surface area (Å²) in [5.74, 6) is 0.590. The molecule has 4 aromatic rings. The molecule has 0 bridgehead atoms. The molecule has 11 nitrogen and oxygen atoms in total. The van der Waals surface area contributed by atoms with Crippen LogP contribution in [-0.4, -0.2) is 59.0 Å². The number of sulfonamides is 1. The van der Waals surface area contributed by atoms with Gasteiger partial charge in [0.1, 0.15) is 22.4 Å². The summed E-state index contributed by atoms with van der Waals surface area (Å²) in [4.78, 5) is 29.8. The van der Waals surface area contributed by atoms with E-state index in [-0.39, 0.29) is 33.9 Å². The first-order valence-corrected chi connectivity index (χ1v) is 15.8. The fourth-order valence-corrected chi connectivity index (χ4v) is 6.83. The Balaban J connectivity index is 1.45. The van der Waals surface area contributed by atoms with Crippen LogP contribution in [0.2, 0.25) is 0 Å². The zero-order valence-corrected chi connectivity index (χ0v) is 25.8. The van der Waals surface area contributed by atoms with Gasteiger partial charge in [0, 0.05) is 46.5 Å². The number of benzene rings is 1. The zero-order chi connectivity index (χ0) is 30.9. The molecule has 1 aromatic carbocycles. The van der Waals surface area contributed by atoms with Crippen LogP contribution < -0.4 is 15.6 Å². The van der Waals surface area contributed by atoms with Gasteiger partial charge >= 0.3 is 0 Å². The first-order chi connectivity index (χ1) is 20.5. The number of aromatic nitrogens is 4. The Kier molecular flexibility index (Phi) is 8.48. The highest BCUT2D eigenvalue weighted by molar-refractivity contribution is 7.92. The summed E-state index contributed by atoms with van der Waals surface area (Å²) in [6.45, 7) is 5.59. The zero-order valence-electron chi connectivity index (χ0n) is 25.0. The number of nitriles is 1. The highest BCUT2D eigenvalue weighted by atomic mass is 32.2. The minimum atomic E-state index is -4.05. The molecule has 3 aromatic heterocycles. The maximum atomic E-state index is 13.9. The molecule has 0 spiro atoms. The monoisotopic (exact) mass is 600 g/mol. The van der Waals surface area contributed by atoms with Gasteiger partial charge in [-0.3, -0.25) is 14.1 Å². The molecule has 1 aliphatic carbocycles. The lowest BCUT2D eigenvalue weighted by atomic mass is 9.91. The predicted molar refractivity (Wildman–Crippen MR) is 167 cm³/mol. The van der Waals surface area contributed by atoms with Crippen molar-refractivity contribution < 1.29 is 8.42 Å². The van der Waals surface area contributed by atoms with E-state index in [1.807, 2.05) is 19.9 Å². The second kappa shape index (κ2) is 12.1. The van der Waals surface area contributed by atoms with Crippen LogP contribution in [0.4, 0.5) is 11.8 Å². The summed E-state index contributed by atoms with van der Waals surface area (Å²) in [6, 6.07) is 13.5. The molecule has 0 amide bonds. The van der Waals surface area contributed by atoms with E-state index in [9.17, 15) is 18.5 Å². The largest absolute Gasteiger partial charge is 0.351 e. The van der Waals surface area contributed by atoms with Gasteiger partial charge in [0.25, 0.3) is 15.6 Å². The molecular formula is C31H36N8O3S. The minimum Gasteiger partial charge on any atom is -0.351 e. The molecule has 2 N–H and O–H groups in total. The molecule has 5 rings (SSSR count). The number of rotatable bonds is 8. The Labute approximate surface area is 251 Å². The fraction of sp³-hybridized carbons (Fsp3) is 0.387. The summed E-state index contributed by atoms with van der Waals surface area (Å²) >= 11 is 0. The number of nitrogens with zero attached hydrogens (tertiary/aromatic N) is 6. The van der Waals surface area contributed by atoms with Crippen LogP contribution in [0.1, 0.15) is 56.8 Å². The SMILES string of the molecule is Cc1nc(NS(=O)(=O)c2ccccc2C#N)ccc1-c1cc2cnc(N[C@H]3CC[C@H](N(C)C)CC3)nc2n(C(C)C)c1=O. The van der Waals surface area contributed by atoms with Crippen molar-refractivity contribution >= 4 is 32.8 Å². The molecule has 0 saturated heterocycles. The predicted octanol–water partition coefficient (Wildman–Crippen LogP) is 4.70. The van der Waals surface area contributed by atoms with Crippen molar-refractivity contribution in [3.05, 3.63) is 70.3 Å². The Morgan fingerprint density at radius 1 is 1.05 bits per heavy atom. The highest BCUT2D eigenvalue weighted by Gasteiger charge is 2.24. The number of hydrogen-bond acceptors (Lipinski definition) is 9. The molecule has 0 aliphatic heterocycles.